The summed E-state index contributed by atoms with van der Waals surface area (Å²) >= 11 is 1.97. The minimum atomic E-state index is 0.357. The number of rotatable bonds is 4. The predicted octanol–water partition coefficient (Wildman–Crippen LogP) is 1.73. The fourth-order valence-corrected chi connectivity index (χ4v) is 3.97. The third-order valence-electron chi connectivity index (χ3n) is 4.07. The molecule has 2 saturated heterocycles. The Morgan fingerprint density at radius 3 is 2.76 bits per heavy atom. The third-order valence-corrected chi connectivity index (χ3v) is 5.22. The van der Waals surface area contributed by atoms with Crippen LogP contribution in [0.2, 0.25) is 0 Å². The van der Waals surface area contributed by atoms with E-state index >= 15 is 0 Å². The van der Waals surface area contributed by atoms with E-state index in [0.717, 1.165) is 37.6 Å². The molecular weight excluding hydrogens is 232 g/mol. The second kappa shape index (κ2) is 6.64. The van der Waals surface area contributed by atoms with Crippen molar-refractivity contribution in [2.45, 2.75) is 38.1 Å². The Morgan fingerprint density at radius 1 is 1.35 bits per heavy atom. The quantitative estimate of drug-likeness (QED) is 0.831. The van der Waals surface area contributed by atoms with Crippen molar-refractivity contribution in [3.63, 3.8) is 0 Å². The molecule has 1 N–H and O–H groups in total. The van der Waals surface area contributed by atoms with E-state index < -0.39 is 0 Å². The van der Waals surface area contributed by atoms with E-state index in [1.165, 1.54) is 25.0 Å². The molecule has 2 aliphatic rings. The van der Waals surface area contributed by atoms with Gasteiger partial charge in [-0.2, -0.15) is 11.8 Å². The molecule has 2 heterocycles. The van der Waals surface area contributed by atoms with Crippen LogP contribution in [0.5, 0.6) is 0 Å². The monoisotopic (exact) mass is 256 g/mol. The molecule has 2 fully saturated rings. The van der Waals surface area contributed by atoms with Crippen molar-refractivity contribution in [3.8, 4) is 0 Å². The Labute approximate surface area is 109 Å². The number of amides is 1. The SMILES string of the molecule is CN(C(=O)CCC1CCNCC1)C1CCSC1. The maximum atomic E-state index is 12.1. The van der Waals surface area contributed by atoms with E-state index in [9.17, 15) is 4.79 Å². The number of piperidine rings is 1. The van der Waals surface area contributed by atoms with Crippen LogP contribution in [-0.2, 0) is 4.79 Å². The third kappa shape index (κ3) is 3.88. The maximum absolute atomic E-state index is 12.1. The molecule has 0 bridgehead atoms. The largest absolute Gasteiger partial charge is 0.342 e. The Bertz CT molecular complexity index is 248. The van der Waals surface area contributed by atoms with Crippen molar-refractivity contribution in [2.24, 2.45) is 5.92 Å². The standard InChI is InChI=1S/C13H24N2OS/c1-15(12-6-9-17-10-12)13(16)3-2-11-4-7-14-8-5-11/h11-12,14H,2-10H2,1H3. The molecule has 0 spiro atoms. The smallest absolute Gasteiger partial charge is 0.222 e. The first-order chi connectivity index (χ1) is 8.27. The van der Waals surface area contributed by atoms with Gasteiger partial charge in [0.15, 0.2) is 0 Å². The highest BCUT2D eigenvalue weighted by molar-refractivity contribution is 7.99. The molecule has 3 nitrogen and oxygen atoms in total. The molecule has 1 amide bonds. The fourth-order valence-electron chi connectivity index (χ4n) is 2.71. The summed E-state index contributed by atoms with van der Waals surface area (Å²) in [6.07, 6.45) is 5.51. The Morgan fingerprint density at radius 2 is 2.12 bits per heavy atom. The van der Waals surface area contributed by atoms with Gasteiger partial charge in [-0.25, -0.2) is 0 Å². The van der Waals surface area contributed by atoms with Crippen molar-refractivity contribution in [1.82, 2.24) is 10.2 Å². The highest BCUT2D eigenvalue weighted by Gasteiger charge is 2.24. The van der Waals surface area contributed by atoms with Gasteiger partial charge in [-0.3, -0.25) is 4.79 Å². The van der Waals surface area contributed by atoms with Gasteiger partial charge in [-0.05, 0) is 50.4 Å². The molecule has 1 unspecified atom stereocenters. The molecule has 0 saturated carbocycles. The molecular formula is C13H24N2OS. The van der Waals surface area contributed by atoms with Gasteiger partial charge < -0.3 is 10.2 Å². The van der Waals surface area contributed by atoms with Crippen LogP contribution in [0.1, 0.15) is 32.1 Å². The summed E-state index contributed by atoms with van der Waals surface area (Å²) in [5, 5.41) is 3.37. The van der Waals surface area contributed by atoms with Crippen LogP contribution in [-0.4, -0.2) is 48.5 Å². The number of hydrogen-bond donors (Lipinski definition) is 1. The number of nitrogens with one attached hydrogen (secondary N) is 1. The average molecular weight is 256 g/mol. The Kier molecular flexibility index (Phi) is 5.16. The van der Waals surface area contributed by atoms with Crippen molar-refractivity contribution < 1.29 is 4.79 Å². The van der Waals surface area contributed by atoms with Gasteiger partial charge in [0.2, 0.25) is 5.91 Å². The molecule has 17 heavy (non-hydrogen) atoms. The normalized spacial score (nSPS) is 26.1. The minimum absolute atomic E-state index is 0.357. The van der Waals surface area contributed by atoms with Crippen molar-refractivity contribution in [2.75, 3.05) is 31.6 Å². The van der Waals surface area contributed by atoms with Crippen LogP contribution < -0.4 is 5.32 Å². The second-order valence-electron chi connectivity index (χ2n) is 5.25. The van der Waals surface area contributed by atoms with Gasteiger partial charge in [-0.15, -0.1) is 0 Å². The zero-order valence-electron chi connectivity index (χ0n) is 10.8. The van der Waals surface area contributed by atoms with E-state index in [1.54, 1.807) is 0 Å². The van der Waals surface area contributed by atoms with E-state index in [4.69, 9.17) is 0 Å². The van der Waals surface area contributed by atoms with Crippen LogP contribution in [0.4, 0.5) is 0 Å². The summed E-state index contributed by atoms with van der Waals surface area (Å²) in [4.78, 5) is 14.1. The lowest BCUT2D eigenvalue weighted by Crippen LogP contribution is -2.37. The summed E-state index contributed by atoms with van der Waals surface area (Å²) in [6, 6.07) is 0.500. The molecule has 2 rings (SSSR count). The minimum Gasteiger partial charge on any atom is -0.342 e. The number of hydrogen-bond acceptors (Lipinski definition) is 3. The first kappa shape index (κ1) is 13.2. The zero-order valence-corrected chi connectivity index (χ0v) is 11.6. The topological polar surface area (TPSA) is 32.3 Å². The number of carbonyl (C=O) groups is 1. The summed E-state index contributed by atoms with van der Waals surface area (Å²) in [5.74, 6) is 3.48. The van der Waals surface area contributed by atoms with E-state index in [0.29, 0.717) is 11.9 Å². The van der Waals surface area contributed by atoms with E-state index in [1.807, 2.05) is 23.7 Å². The highest BCUT2D eigenvalue weighted by atomic mass is 32.2. The second-order valence-corrected chi connectivity index (χ2v) is 6.40. The highest BCUT2D eigenvalue weighted by Crippen LogP contribution is 2.23. The zero-order chi connectivity index (χ0) is 12.1. The molecule has 0 aromatic heterocycles. The molecule has 0 aromatic carbocycles. The van der Waals surface area contributed by atoms with E-state index in [2.05, 4.69) is 5.32 Å². The van der Waals surface area contributed by atoms with Crippen LogP contribution >= 0.6 is 11.8 Å². The lowest BCUT2D eigenvalue weighted by molar-refractivity contribution is -0.131. The van der Waals surface area contributed by atoms with Crippen molar-refractivity contribution in [3.05, 3.63) is 0 Å². The molecule has 0 aromatic rings. The first-order valence-electron chi connectivity index (χ1n) is 6.81. The van der Waals surface area contributed by atoms with Crippen molar-refractivity contribution >= 4 is 17.7 Å². The number of thioether (sulfide) groups is 1. The molecule has 1 atom stereocenters. The van der Waals surface area contributed by atoms with Gasteiger partial charge in [0.1, 0.15) is 0 Å². The average Bonchev–Trinajstić information content (AvgIpc) is 2.90. The van der Waals surface area contributed by atoms with Gasteiger partial charge in [0, 0.05) is 25.3 Å². The molecule has 2 aliphatic heterocycles. The van der Waals surface area contributed by atoms with Crippen molar-refractivity contribution in [1.29, 1.82) is 0 Å². The molecule has 0 aliphatic carbocycles. The molecule has 0 radical (unpaired) electrons. The van der Waals surface area contributed by atoms with Crippen LogP contribution in [0.15, 0.2) is 0 Å². The number of carbonyl (C=O) groups excluding carboxylic acids is 1. The molecule has 4 heteroatoms. The summed E-state index contributed by atoms with van der Waals surface area (Å²) in [6.45, 7) is 2.27. The summed E-state index contributed by atoms with van der Waals surface area (Å²) < 4.78 is 0. The maximum Gasteiger partial charge on any atom is 0.222 e. The first-order valence-corrected chi connectivity index (χ1v) is 7.97. The summed E-state index contributed by atoms with van der Waals surface area (Å²) in [7, 11) is 1.99. The van der Waals surface area contributed by atoms with Crippen LogP contribution in [0, 0.1) is 5.92 Å². The van der Waals surface area contributed by atoms with Gasteiger partial charge in [0.25, 0.3) is 0 Å². The van der Waals surface area contributed by atoms with Gasteiger partial charge in [-0.1, -0.05) is 0 Å². The molecule has 98 valence electrons. The van der Waals surface area contributed by atoms with Gasteiger partial charge in [0.05, 0.1) is 0 Å². The Hall–Kier alpha value is -0.220. The number of nitrogens with zero attached hydrogens (tertiary/aromatic N) is 1. The lowest BCUT2D eigenvalue weighted by atomic mass is 9.93. The fraction of sp³-hybridized carbons (Fsp3) is 0.923. The lowest BCUT2D eigenvalue weighted by Gasteiger charge is -2.26. The van der Waals surface area contributed by atoms with Crippen LogP contribution in [0.3, 0.4) is 0 Å². The van der Waals surface area contributed by atoms with E-state index in [-0.39, 0.29) is 0 Å². The predicted molar refractivity (Wildman–Crippen MR) is 73.3 cm³/mol. The summed E-state index contributed by atoms with van der Waals surface area (Å²) in [5.41, 5.74) is 0. The Balaban J connectivity index is 1.68. The van der Waals surface area contributed by atoms with Gasteiger partial charge >= 0.3 is 0 Å². The van der Waals surface area contributed by atoms with Crippen LogP contribution in [0.25, 0.3) is 0 Å².